The molecule has 28 heavy (non-hydrogen) atoms. The summed E-state index contributed by atoms with van der Waals surface area (Å²) < 4.78 is 1.44. The highest BCUT2D eigenvalue weighted by Crippen LogP contribution is 2.26. The van der Waals surface area contributed by atoms with Gasteiger partial charge in [-0.2, -0.15) is 5.10 Å². The number of carbonyl (C=O) groups excluding carboxylic acids is 3. The average molecular weight is 383 g/mol. The third-order valence-electron chi connectivity index (χ3n) is 4.94. The quantitative estimate of drug-likeness (QED) is 0.810. The number of likely N-dealkylation sites (N-methyl/N-ethyl adjacent to an activating group) is 1. The summed E-state index contributed by atoms with van der Waals surface area (Å²) >= 11 is 0. The van der Waals surface area contributed by atoms with Crippen LogP contribution in [0.3, 0.4) is 0 Å². The molecule has 1 aliphatic heterocycles. The van der Waals surface area contributed by atoms with E-state index in [9.17, 15) is 14.4 Å². The Kier molecular flexibility index (Phi) is 5.22. The molecule has 3 rings (SSSR count). The molecule has 0 aliphatic carbocycles. The first-order valence-electron chi connectivity index (χ1n) is 9.21. The van der Waals surface area contributed by atoms with Crippen LogP contribution in [0.15, 0.2) is 36.4 Å². The van der Waals surface area contributed by atoms with E-state index >= 15 is 0 Å². The van der Waals surface area contributed by atoms with Crippen LogP contribution in [0.5, 0.6) is 0 Å². The van der Waals surface area contributed by atoms with E-state index in [0.29, 0.717) is 12.2 Å². The molecule has 1 unspecified atom stereocenters. The second-order valence-corrected chi connectivity index (χ2v) is 7.51. The molecule has 148 valence electrons. The van der Waals surface area contributed by atoms with Crippen molar-refractivity contribution in [3.05, 3.63) is 53.3 Å². The number of amides is 3. The summed E-state index contributed by atoms with van der Waals surface area (Å²) in [5.74, 6) is -0.969. The Morgan fingerprint density at radius 3 is 2.57 bits per heavy atom. The van der Waals surface area contributed by atoms with Crippen LogP contribution in [0.1, 0.15) is 47.3 Å². The normalized spacial score (nSPS) is 18.8. The Labute approximate surface area is 163 Å². The van der Waals surface area contributed by atoms with Gasteiger partial charge in [-0.3, -0.25) is 19.1 Å². The topological polar surface area (TPSA) is 96.3 Å². The largest absolute Gasteiger partial charge is 0.350 e. The van der Waals surface area contributed by atoms with Gasteiger partial charge in [0.2, 0.25) is 5.91 Å². The SMILES string of the molecule is CC(C)NC(=O)c1cc2n(n1)CC(C)(C(=O)NCc1ccccc1)N(C)C2=O. The summed E-state index contributed by atoms with van der Waals surface area (Å²) in [7, 11) is 1.59. The van der Waals surface area contributed by atoms with E-state index in [-0.39, 0.29) is 36.0 Å². The molecular weight excluding hydrogens is 358 g/mol. The molecule has 0 bridgehead atoms. The molecule has 2 aromatic rings. The van der Waals surface area contributed by atoms with Gasteiger partial charge >= 0.3 is 0 Å². The standard InChI is InChI=1S/C20H25N5O3/c1-13(2)22-17(26)15-10-16-18(27)24(4)20(3,12-25(16)23-15)19(28)21-11-14-8-6-5-7-9-14/h5-10,13H,11-12H2,1-4H3,(H,21,28)(H,22,26). The van der Waals surface area contributed by atoms with Crippen LogP contribution in [0.25, 0.3) is 0 Å². The molecule has 0 radical (unpaired) electrons. The fraction of sp³-hybridized carbons (Fsp3) is 0.400. The van der Waals surface area contributed by atoms with E-state index in [0.717, 1.165) is 5.56 Å². The minimum atomic E-state index is -1.11. The molecule has 8 nitrogen and oxygen atoms in total. The molecule has 2 heterocycles. The minimum Gasteiger partial charge on any atom is -0.350 e. The van der Waals surface area contributed by atoms with Crippen LogP contribution >= 0.6 is 0 Å². The lowest BCUT2D eigenvalue weighted by molar-refractivity contribution is -0.132. The van der Waals surface area contributed by atoms with Crippen molar-refractivity contribution < 1.29 is 14.4 Å². The lowest BCUT2D eigenvalue weighted by Gasteiger charge is -2.40. The van der Waals surface area contributed by atoms with Gasteiger partial charge in [0.15, 0.2) is 5.69 Å². The van der Waals surface area contributed by atoms with Crippen LogP contribution in [0, 0.1) is 0 Å². The zero-order valence-electron chi connectivity index (χ0n) is 16.5. The number of hydrogen-bond donors (Lipinski definition) is 2. The van der Waals surface area contributed by atoms with Gasteiger partial charge in [0.05, 0.1) is 6.54 Å². The number of carbonyl (C=O) groups is 3. The van der Waals surface area contributed by atoms with Crippen LogP contribution in [-0.2, 0) is 17.9 Å². The summed E-state index contributed by atoms with van der Waals surface area (Å²) in [6.45, 7) is 5.93. The van der Waals surface area contributed by atoms with Gasteiger partial charge in [0, 0.05) is 25.7 Å². The average Bonchev–Trinajstić information content (AvgIpc) is 3.08. The molecule has 0 saturated carbocycles. The van der Waals surface area contributed by atoms with E-state index in [1.165, 1.54) is 15.6 Å². The van der Waals surface area contributed by atoms with Gasteiger partial charge < -0.3 is 15.5 Å². The van der Waals surface area contributed by atoms with Crippen molar-refractivity contribution in [2.75, 3.05) is 7.05 Å². The highest BCUT2D eigenvalue weighted by molar-refractivity contribution is 6.01. The first-order valence-corrected chi connectivity index (χ1v) is 9.21. The predicted octanol–water partition coefficient (Wildman–Crippen LogP) is 1.18. The van der Waals surface area contributed by atoms with E-state index in [1.807, 2.05) is 44.2 Å². The highest BCUT2D eigenvalue weighted by atomic mass is 16.2. The van der Waals surface area contributed by atoms with E-state index in [4.69, 9.17) is 0 Å². The number of fused-ring (bicyclic) bond motifs is 1. The maximum atomic E-state index is 12.9. The molecule has 1 aromatic heterocycles. The van der Waals surface area contributed by atoms with Gasteiger partial charge in [0.25, 0.3) is 11.8 Å². The molecular formula is C20H25N5O3. The third kappa shape index (κ3) is 3.62. The lowest BCUT2D eigenvalue weighted by atomic mass is 9.96. The predicted molar refractivity (Wildman–Crippen MR) is 104 cm³/mol. The van der Waals surface area contributed by atoms with E-state index < -0.39 is 5.54 Å². The molecule has 2 N–H and O–H groups in total. The van der Waals surface area contributed by atoms with Gasteiger partial charge in [-0.1, -0.05) is 30.3 Å². The van der Waals surface area contributed by atoms with Crippen molar-refractivity contribution in [3.63, 3.8) is 0 Å². The Balaban J connectivity index is 1.80. The number of aromatic nitrogens is 2. The summed E-state index contributed by atoms with van der Waals surface area (Å²) in [6, 6.07) is 11.0. The maximum absolute atomic E-state index is 12.9. The summed E-state index contributed by atoms with van der Waals surface area (Å²) in [4.78, 5) is 39.4. The van der Waals surface area contributed by atoms with Crippen molar-refractivity contribution in [3.8, 4) is 0 Å². The molecule has 1 atom stereocenters. The molecule has 0 fully saturated rings. The number of nitrogens with one attached hydrogen (secondary N) is 2. The number of hydrogen-bond acceptors (Lipinski definition) is 4. The van der Waals surface area contributed by atoms with Crippen molar-refractivity contribution in [2.24, 2.45) is 0 Å². The fourth-order valence-electron chi connectivity index (χ4n) is 3.14. The molecule has 8 heteroatoms. The van der Waals surface area contributed by atoms with Crippen LogP contribution in [0.2, 0.25) is 0 Å². The second-order valence-electron chi connectivity index (χ2n) is 7.51. The van der Waals surface area contributed by atoms with E-state index in [1.54, 1.807) is 14.0 Å². The Morgan fingerprint density at radius 2 is 1.93 bits per heavy atom. The highest BCUT2D eigenvalue weighted by Gasteiger charge is 2.46. The van der Waals surface area contributed by atoms with Gasteiger partial charge in [0.1, 0.15) is 11.2 Å². The second kappa shape index (κ2) is 7.46. The van der Waals surface area contributed by atoms with Crippen molar-refractivity contribution in [2.45, 2.75) is 45.4 Å². The van der Waals surface area contributed by atoms with Crippen molar-refractivity contribution in [1.82, 2.24) is 25.3 Å². The molecule has 0 spiro atoms. The Bertz CT molecular complexity index is 906. The number of nitrogens with zero attached hydrogens (tertiary/aromatic N) is 3. The van der Waals surface area contributed by atoms with Crippen molar-refractivity contribution >= 4 is 17.7 Å². The molecule has 3 amide bonds. The zero-order chi connectivity index (χ0) is 20.5. The van der Waals surface area contributed by atoms with Gasteiger partial charge in [-0.25, -0.2) is 0 Å². The molecule has 1 aliphatic rings. The fourth-order valence-corrected chi connectivity index (χ4v) is 3.14. The van der Waals surface area contributed by atoms with Gasteiger partial charge in [-0.05, 0) is 26.3 Å². The number of benzene rings is 1. The first-order chi connectivity index (χ1) is 13.2. The van der Waals surface area contributed by atoms with E-state index in [2.05, 4.69) is 15.7 Å². The minimum absolute atomic E-state index is 0.0429. The summed E-state index contributed by atoms with van der Waals surface area (Å²) in [5, 5.41) is 9.91. The Hall–Kier alpha value is -3.16. The van der Waals surface area contributed by atoms with Crippen molar-refractivity contribution in [1.29, 1.82) is 0 Å². The molecule has 1 aromatic carbocycles. The lowest BCUT2D eigenvalue weighted by Crippen LogP contribution is -2.62. The smallest absolute Gasteiger partial charge is 0.272 e. The zero-order valence-corrected chi connectivity index (χ0v) is 16.5. The summed E-state index contributed by atoms with van der Waals surface area (Å²) in [6.07, 6.45) is 0. The summed E-state index contributed by atoms with van der Waals surface area (Å²) in [5.41, 5.74) is 0.317. The van der Waals surface area contributed by atoms with Crippen LogP contribution in [0.4, 0.5) is 0 Å². The molecule has 0 saturated heterocycles. The third-order valence-corrected chi connectivity index (χ3v) is 4.94. The first kappa shape index (κ1) is 19.6. The Morgan fingerprint density at radius 1 is 1.25 bits per heavy atom. The maximum Gasteiger partial charge on any atom is 0.272 e. The van der Waals surface area contributed by atoms with Crippen LogP contribution in [-0.4, -0.2) is 51.0 Å². The van der Waals surface area contributed by atoms with Gasteiger partial charge in [-0.15, -0.1) is 0 Å². The van der Waals surface area contributed by atoms with Crippen LogP contribution < -0.4 is 10.6 Å². The monoisotopic (exact) mass is 383 g/mol. The number of rotatable bonds is 5.